The minimum Gasteiger partial charge on any atom is -0.336 e. The molecule has 8 heteroatoms. The van der Waals surface area contributed by atoms with Gasteiger partial charge in [0.05, 0.1) is 21.4 Å². The lowest BCUT2D eigenvalue weighted by molar-refractivity contribution is 1.11. The Kier molecular flexibility index (Phi) is 3.47. The lowest BCUT2D eigenvalue weighted by Gasteiger charge is -2.11. The van der Waals surface area contributed by atoms with E-state index in [1.165, 1.54) is 0 Å². The Morgan fingerprint density at radius 2 is 2.20 bits per heavy atom. The summed E-state index contributed by atoms with van der Waals surface area (Å²) >= 11 is 9.51. The van der Waals surface area contributed by atoms with Gasteiger partial charge in [-0.2, -0.15) is 0 Å². The van der Waals surface area contributed by atoms with Crippen molar-refractivity contribution in [2.24, 2.45) is 5.84 Å². The molecule has 1 aromatic carbocycles. The van der Waals surface area contributed by atoms with Gasteiger partial charge in [0.25, 0.3) is 0 Å². The molecule has 3 aromatic rings. The van der Waals surface area contributed by atoms with Gasteiger partial charge in [0.1, 0.15) is 0 Å². The molecule has 0 radical (unpaired) electrons. The molecule has 0 saturated heterocycles. The van der Waals surface area contributed by atoms with Gasteiger partial charge in [-0.3, -0.25) is 0 Å². The number of nitrogens with zero attached hydrogens (tertiary/aromatic N) is 3. The molecule has 0 fully saturated rings. The summed E-state index contributed by atoms with van der Waals surface area (Å²) in [5.74, 6) is 6.52. The lowest BCUT2D eigenvalue weighted by Crippen LogP contribution is -2.11. The molecule has 0 saturated carbocycles. The Balaban J connectivity index is 2.10. The number of anilines is 3. The fourth-order valence-electron chi connectivity index (χ4n) is 1.81. The number of nitrogens with two attached hydrogens (primary N) is 1. The van der Waals surface area contributed by atoms with Crippen molar-refractivity contribution in [1.29, 1.82) is 0 Å². The number of nitrogen functional groups attached to an aromatic ring is 1. The highest BCUT2D eigenvalue weighted by Gasteiger charge is 2.10. The van der Waals surface area contributed by atoms with Crippen LogP contribution in [0.15, 0.2) is 41.3 Å². The van der Waals surface area contributed by atoms with E-state index >= 15 is 0 Å². The van der Waals surface area contributed by atoms with E-state index in [1.54, 1.807) is 18.5 Å². The highest BCUT2D eigenvalue weighted by atomic mass is 79.9. The summed E-state index contributed by atoms with van der Waals surface area (Å²) in [7, 11) is 0. The molecule has 0 aliphatic heterocycles. The van der Waals surface area contributed by atoms with Crippen LogP contribution in [0.4, 0.5) is 17.3 Å². The topological polar surface area (TPSA) is 80.3 Å². The minimum absolute atomic E-state index is 0.524. The second kappa shape index (κ2) is 5.28. The van der Waals surface area contributed by atoms with E-state index in [0.29, 0.717) is 22.3 Å². The van der Waals surface area contributed by atoms with Crippen LogP contribution in [0.5, 0.6) is 0 Å². The van der Waals surface area contributed by atoms with Gasteiger partial charge in [0.15, 0.2) is 17.3 Å². The van der Waals surface area contributed by atoms with Crippen LogP contribution in [0, 0.1) is 0 Å². The van der Waals surface area contributed by atoms with Crippen LogP contribution in [0.3, 0.4) is 0 Å². The first-order chi connectivity index (χ1) is 9.69. The summed E-state index contributed by atoms with van der Waals surface area (Å²) in [6.07, 6.45) is 5.26. The van der Waals surface area contributed by atoms with Crippen LogP contribution in [-0.2, 0) is 0 Å². The third kappa shape index (κ3) is 2.31. The highest BCUT2D eigenvalue weighted by molar-refractivity contribution is 9.10. The summed E-state index contributed by atoms with van der Waals surface area (Å²) in [5, 5.41) is 3.81. The largest absolute Gasteiger partial charge is 0.336 e. The van der Waals surface area contributed by atoms with Gasteiger partial charge in [-0.25, -0.2) is 15.8 Å². The van der Waals surface area contributed by atoms with Crippen LogP contribution in [0.25, 0.3) is 5.65 Å². The number of imidazole rings is 1. The Morgan fingerprint density at radius 3 is 3.00 bits per heavy atom. The van der Waals surface area contributed by atoms with Gasteiger partial charge in [-0.15, -0.1) is 0 Å². The summed E-state index contributed by atoms with van der Waals surface area (Å²) in [5.41, 5.74) is 4.01. The molecule has 0 bridgehead atoms. The molecular formula is C12H10BrClN6. The molecule has 0 unspecified atom stereocenters. The first-order valence-corrected chi connectivity index (χ1v) is 6.87. The second-order valence-electron chi connectivity index (χ2n) is 4.00. The van der Waals surface area contributed by atoms with Crippen molar-refractivity contribution < 1.29 is 0 Å². The van der Waals surface area contributed by atoms with E-state index in [2.05, 4.69) is 36.6 Å². The summed E-state index contributed by atoms with van der Waals surface area (Å²) in [4.78, 5) is 8.63. The predicted octanol–water partition coefficient (Wildman–Crippen LogP) is 3.17. The highest BCUT2D eigenvalue weighted by Crippen LogP contribution is 2.32. The van der Waals surface area contributed by atoms with Crippen molar-refractivity contribution in [3.8, 4) is 0 Å². The molecule has 4 N–H and O–H groups in total. The fourth-order valence-corrected chi connectivity index (χ4v) is 2.35. The quantitative estimate of drug-likeness (QED) is 0.498. The van der Waals surface area contributed by atoms with Crippen molar-refractivity contribution in [3.05, 3.63) is 46.3 Å². The number of benzene rings is 1. The van der Waals surface area contributed by atoms with E-state index < -0.39 is 0 Å². The van der Waals surface area contributed by atoms with Crippen LogP contribution >= 0.6 is 27.5 Å². The maximum atomic E-state index is 6.08. The summed E-state index contributed by atoms with van der Waals surface area (Å²) < 4.78 is 2.59. The average molecular weight is 354 g/mol. The smallest absolute Gasteiger partial charge is 0.180 e. The van der Waals surface area contributed by atoms with E-state index in [-0.39, 0.29) is 0 Å². The van der Waals surface area contributed by atoms with Crippen molar-refractivity contribution >= 4 is 50.5 Å². The van der Waals surface area contributed by atoms with E-state index in [0.717, 1.165) is 10.2 Å². The maximum absolute atomic E-state index is 6.08. The number of hydrazine groups is 1. The molecule has 102 valence electrons. The van der Waals surface area contributed by atoms with Gasteiger partial charge in [0, 0.05) is 12.4 Å². The van der Waals surface area contributed by atoms with E-state index in [9.17, 15) is 0 Å². The zero-order chi connectivity index (χ0) is 14.1. The van der Waals surface area contributed by atoms with Gasteiger partial charge in [-0.1, -0.05) is 17.7 Å². The van der Waals surface area contributed by atoms with Crippen LogP contribution in [0.1, 0.15) is 0 Å². The van der Waals surface area contributed by atoms with Gasteiger partial charge < -0.3 is 15.1 Å². The van der Waals surface area contributed by atoms with Gasteiger partial charge >= 0.3 is 0 Å². The molecule has 0 aliphatic carbocycles. The Labute approximate surface area is 128 Å². The zero-order valence-electron chi connectivity index (χ0n) is 10.1. The molecule has 6 nitrogen and oxygen atoms in total. The average Bonchev–Trinajstić information content (AvgIpc) is 2.92. The first-order valence-electron chi connectivity index (χ1n) is 5.70. The first kappa shape index (κ1) is 13.2. The molecule has 0 amide bonds. The number of nitrogens with one attached hydrogen (secondary N) is 2. The van der Waals surface area contributed by atoms with Gasteiger partial charge in [0.2, 0.25) is 0 Å². The summed E-state index contributed by atoms with van der Waals surface area (Å²) in [6, 6.07) is 5.54. The molecule has 0 spiro atoms. The third-order valence-corrected chi connectivity index (χ3v) is 4.12. The maximum Gasteiger partial charge on any atom is 0.180 e. The van der Waals surface area contributed by atoms with Crippen molar-refractivity contribution in [1.82, 2.24) is 14.4 Å². The van der Waals surface area contributed by atoms with Crippen molar-refractivity contribution in [3.63, 3.8) is 0 Å². The Morgan fingerprint density at radius 1 is 1.35 bits per heavy atom. The van der Waals surface area contributed by atoms with Crippen molar-refractivity contribution in [2.75, 3.05) is 10.7 Å². The number of rotatable bonds is 3. The Bertz CT molecular complexity index is 772. The SMILES string of the molecule is NNc1cn2ccnc2c(Nc2cccc(Cl)c2Br)n1. The number of fused-ring (bicyclic) bond motifs is 1. The van der Waals surface area contributed by atoms with E-state index in [1.807, 2.05) is 22.7 Å². The number of halogens is 2. The van der Waals surface area contributed by atoms with Gasteiger partial charge in [-0.05, 0) is 28.1 Å². The molecule has 2 aromatic heterocycles. The minimum atomic E-state index is 0.524. The number of aromatic nitrogens is 3. The monoisotopic (exact) mass is 352 g/mol. The normalized spacial score (nSPS) is 10.8. The standard InChI is InChI=1S/C12H10BrClN6/c13-10-7(14)2-1-3-8(10)17-11-12-16-4-5-20(12)6-9(18-11)19-15/h1-6,19H,15H2,(H,17,18). The fraction of sp³-hybridized carbons (Fsp3) is 0. The zero-order valence-corrected chi connectivity index (χ0v) is 12.5. The van der Waals surface area contributed by atoms with Crippen molar-refractivity contribution in [2.45, 2.75) is 0 Å². The van der Waals surface area contributed by atoms with Crippen LogP contribution < -0.4 is 16.6 Å². The summed E-state index contributed by atoms with van der Waals surface area (Å²) in [6.45, 7) is 0. The van der Waals surface area contributed by atoms with Crippen LogP contribution in [-0.4, -0.2) is 14.4 Å². The second-order valence-corrected chi connectivity index (χ2v) is 5.20. The van der Waals surface area contributed by atoms with E-state index in [4.69, 9.17) is 17.4 Å². The molecule has 2 heterocycles. The van der Waals surface area contributed by atoms with Crippen LogP contribution in [0.2, 0.25) is 5.02 Å². The Hall–Kier alpha value is -1.83. The number of hydrogen-bond acceptors (Lipinski definition) is 5. The molecule has 0 atom stereocenters. The third-order valence-electron chi connectivity index (χ3n) is 2.73. The number of hydrogen-bond donors (Lipinski definition) is 3. The predicted molar refractivity (Wildman–Crippen MR) is 83.2 cm³/mol. The molecule has 20 heavy (non-hydrogen) atoms. The molecule has 3 rings (SSSR count). The molecular weight excluding hydrogens is 344 g/mol. The molecule has 0 aliphatic rings. The lowest BCUT2D eigenvalue weighted by atomic mass is 10.3.